The van der Waals surface area contributed by atoms with Crippen molar-refractivity contribution in [3.8, 4) is 0 Å². The summed E-state index contributed by atoms with van der Waals surface area (Å²) in [7, 11) is 0. The van der Waals surface area contributed by atoms with Crippen molar-refractivity contribution in [3.63, 3.8) is 0 Å². The molecule has 0 bridgehead atoms. The molecule has 7 nitrogen and oxygen atoms in total. The van der Waals surface area contributed by atoms with Gasteiger partial charge in [0.2, 0.25) is 0 Å². The number of rotatable bonds is 4. The van der Waals surface area contributed by atoms with Gasteiger partial charge >= 0.3 is 0 Å². The normalized spacial score (nSPS) is 6.86. The highest BCUT2D eigenvalue weighted by molar-refractivity contribution is 3.93. The summed E-state index contributed by atoms with van der Waals surface area (Å²) in [6, 6.07) is 0. The summed E-state index contributed by atoms with van der Waals surface area (Å²) < 4.78 is 0. The summed E-state index contributed by atoms with van der Waals surface area (Å²) in [6.07, 6.45) is 0. The molecule has 0 unspecified atom stereocenters. The first-order chi connectivity index (χ1) is 3.41. The average Bonchev–Trinajstić information content (AvgIpc) is 1.69. The smallest absolute Gasteiger partial charge is 0.179 e. The number of hydrogen-bond acceptors (Lipinski definition) is 7. The lowest BCUT2D eigenvalue weighted by Crippen LogP contribution is -2.05. The Balaban J connectivity index is 2.68. The topological polar surface area (TPSA) is 89.3 Å². The minimum absolute atomic E-state index is 1.33. The summed E-state index contributed by atoms with van der Waals surface area (Å²) in [4.78, 5) is 24.6. The van der Waals surface area contributed by atoms with E-state index in [0.717, 1.165) is 0 Å². The largest absolute Gasteiger partial charge is 0.224 e. The first-order valence-corrected chi connectivity index (χ1v) is 1.14. The van der Waals surface area contributed by atoms with E-state index in [1.54, 1.807) is 10.7 Å². The van der Waals surface area contributed by atoms with Gasteiger partial charge in [-0.05, 0) is 0 Å². The van der Waals surface area contributed by atoms with Crippen LogP contribution in [0.5, 0.6) is 0 Å². The predicted molar refractivity (Wildman–Crippen MR) is 16.9 cm³/mol. The number of nitrogens with one attached hydrogen (secondary N) is 1. The zero-order valence-corrected chi connectivity index (χ0v) is 3.03. The molecule has 0 aliphatic carbocycles. The van der Waals surface area contributed by atoms with Crippen LogP contribution in [0.25, 0.3) is 0 Å². The van der Waals surface area contributed by atoms with Crippen LogP contribution in [0.4, 0.5) is 0 Å². The summed E-state index contributed by atoms with van der Waals surface area (Å²) in [5.74, 6) is 0. The van der Waals surface area contributed by atoms with E-state index in [-0.39, 0.29) is 0 Å². The number of hydrogen-bond donors (Lipinski definition) is 1. The molecule has 0 aromatic carbocycles. The molecule has 0 saturated carbocycles. The van der Waals surface area contributed by atoms with Crippen LogP contribution in [-0.4, -0.2) is 0 Å². The predicted octanol–water partition coefficient (Wildman–Crippen LogP) is -0.198. The summed E-state index contributed by atoms with van der Waals surface area (Å²) in [5, 5.41) is 3.58. The third-order valence-electron chi connectivity index (χ3n) is 0.149. The Bertz CT molecular complexity index is 52.0. The van der Waals surface area contributed by atoms with E-state index in [2.05, 4.69) is 9.88 Å². The second kappa shape index (κ2) is 4.76. The molecule has 0 fully saturated rings. The van der Waals surface area contributed by atoms with E-state index in [9.17, 15) is 0 Å². The van der Waals surface area contributed by atoms with Gasteiger partial charge in [-0.1, -0.05) is 0 Å². The van der Waals surface area contributed by atoms with Crippen molar-refractivity contribution in [2.45, 2.75) is 0 Å². The van der Waals surface area contributed by atoms with Crippen LogP contribution in [0.2, 0.25) is 0 Å². The van der Waals surface area contributed by atoms with E-state index < -0.39 is 0 Å². The van der Waals surface area contributed by atoms with Crippen molar-refractivity contribution in [1.29, 1.82) is 0 Å². The van der Waals surface area contributed by atoms with E-state index in [1.165, 1.54) is 5.64 Å². The lowest BCUT2D eigenvalue weighted by atomic mass is 13.0. The van der Waals surface area contributed by atoms with E-state index in [0.29, 0.717) is 0 Å². The molecule has 7 heteroatoms. The highest BCUT2D eigenvalue weighted by Crippen LogP contribution is 1.65. The van der Waals surface area contributed by atoms with Crippen molar-refractivity contribution in [1.82, 2.24) is 5.64 Å². The molecule has 0 heterocycles. The zero-order chi connectivity index (χ0) is 5.54. The monoisotopic (exact) mass is 107 g/mol. The fourth-order valence-electron chi connectivity index (χ4n) is 0.0471. The SMILES string of the molecule is O=NONON=O. The molecule has 40 valence electrons. The van der Waals surface area contributed by atoms with E-state index in [1.807, 2.05) is 0 Å². The Kier molecular flexibility index (Phi) is 3.92. The molecule has 0 aliphatic heterocycles. The molecule has 0 spiro atoms. The third kappa shape index (κ3) is 4.76. The van der Waals surface area contributed by atoms with Gasteiger partial charge in [-0.25, -0.2) is 9.88 Å². The lowest BCUT2D eigenvalue weighted by Gasteiger charge is -1.84. The summed E-state index contributed by atoms with van der Waals surface area (Å²) >= 11 is 0. The van der Waals surface area contributed by atoms with Crippen molar-refractivity contribution in [2.24, 2.45) is 10.7 Å². The Labute approximate surface area is 37.4 Å². The molecule has 0 aromatic heterocycles. The van der Waals surface area contributed by atoms with Crippen LogP contribution < -0.4 is 5.64 Å². The molecule has 7 heavy (non-hydrogen) atoms. The second-order valence-corrected chi connectivity index (χ2v) is 0.415. The quantitative estimate of drug-likeness (QED) is 0.305. The van der Waals surface area contributed by atoms with Crippen molar-refractivity contribution in [3.05, 3.63) is 9.81 Å². The third-order valence-corrected chi connectivity index (χ3v) is 0.149. The maximum Gasteiger partial charge on any atom is 0.179 e. The molecule has 0 radical (unpaired) electrons. The molecule has 0 saturated heterocycles. The minimum Gasteiger partial charge on any atom is -0.224 e. The van der Waals surface area contributed by atoms with Gasteiger partial charge in [0.15, 0.2) is 10.7 Å². The fraction of sp³-hybridized carbons (Fsp3) is 0. The first kappa shape index (κ1) is 5.76. The molecule has 0 rings (SSSR count). The molecule has 0 aromatic rings. The number of nitrogens with zero attached hydrogens (tertiary/aromatic N) is 2. The fourth-order valence-corrected chi connectivity index (χ4v) is 0.0471. The van der Waals surface area contributed by atoms with Crippen LogP contribution in [-0.2, 0) is 9.88 Å². The molecule has 1 N–H and O–H groups in total. The minimum atomic E-state index is 1.33. The van der Waals surface area contributed by atoms with Gasteiger partial charge in [0.1, 0.15) is 0 Å². The van der Waals surface area contributed by atoms with Crippen LogP contribution in [0, 0.1) is 9.81 Å². The van der Waals surface area contributed by atoms with Crippen LogP contribution in [0.15, 0.2) is 10.7 Å². The van der Waals surface area contributed by atoms with Gasteiger partial charge in [-0.15, -0.1) is 9.81 Å². The van der Waals surface area contributed by atoms with E-state index >= 15 is 0 Å². The second-order valence-electron chi connectivity index (χ2n) is 0.415. The molecular formula is HN3O4. The maximum atomic E-state index is 8.92. The summed E-state index contributed by atoms with van der Waals surface area (Å²) in [5.41, 5.74) is 1.33. The van der Waals surface area contributed by atoms with Crippen LogP contribution >= 0.6 is 0 Å². The van der Waals surface area contributed by atoms with Gasteiger partial charge in [0, 0.05) is 0 Å². The van der Waals surface area contributed by atoms with Gasteiger partial charge in [0.05, 0.1) is 5.64 Å². The Morgan fingerprint density at radius 3 is 1.86 bits per heavy atom. The van der Waals surface area contributed by atoms with Gasteiger partial charge in [-0.2, -0.15) is 0 Å². The highest BCUT2D eigenvalue weighted by Gasteiger charge is 1.75. The van der Waals surface area contributed by atoms with Crippen LogP contribution in [0.1, 0.15) is 0 Å². The lowest BCUT2D eigenvalue weighted by molar-refractivity contribution is -0.173. The van der Waals surface area contributed by atoms with Crippen molar-refractivity contribution >= 4 is 0 Å². The molecule has 0 atom stereocenters. The van der Waals surface area contributed by atoms with Crippen molar-refractivity contribution < 1.29 is 9.88 Å². The summed E-state index contributed by atoms with van der Waals surface area (Å²) in [6.45, 7) is 0. The molecular weight excluding hydrogens is 106 g/mol. The van der Waals surface area contributed by atoms with Crippen LogP contribution in [0.3, 0.4) is 0 Å². The molecule has 0 aliphatic rings. The van der Waals surface area contributed by atoms with Crippen molar-refractivity contribution in [2.75, 3.05) is 0 Å². The first-order valence-electron chi connectivity index (χ1n) is 1.14. The standard InChI is InChI=1S/HN3O4/c4-1-6-3-7-2-5/h3H. The Hall–Kier alpha value is -1.24. The van der Waals surface area contributed by atoms with Gasteiger partial charge in [-0.3, -0.25) is 0 Å². The zero-order valence-electron chi connectivity index (χ0n) is 3.03. The average molecular weight is 107 g/mol. The maximum absolute atomic E-state index is 8.92. The van der Waals surface area contributed by atoms with Gasteiger partial charge in [0.25, 0.3) is 0 Å². The Morgan fingerprint density at radius 1 is 1.14 bits per heavy atom. The molecule has 0 amide bonds. The van der Waals surface area contributed by atoms with Gasteiger partial charge < -0.3 is 0 Å². The van der Waals surface area contributed by atoms with E-state index in [4.69, 9.17) is 9.81 Å². The highest BCUT2D eigenvalue weighted by atomic mass is 17.0. The Morgan fingerprint density at radius 2 is 1.57 bits per heavy atom.